The number of rotatable bonds is 7. The number of para-hydroxylation sites is 1. The summed E-state index contributed by atoms with van der Waals surface area (Å²) in [6.45, 7) is 6.66. The third kappa shape index (κ3) is 5.17. The predicted octanol–water partition coefficient (Wildman–Crippen LogP) is 6.45. The van der Waals surface area contributed by atoms with Gasteiger partial charge in [0.1, 0.15) is 0 Å². The fourth-order valence-corrected chi connectivity index (χ4v) is 5.75. The quantitative estimate of drug-likeness (QED) is 0.262. The van der Waals surface area contributed by atoms with Crippen molar-refractivity contribution >= 4 is 40.5 Å². The predicted molar refractivity (Wildman–Crippen MR) is 157 cm³/mol. The Morgan fingerprint density at radius 3 is 2.58 bits per heavy atom. The molecule has 3 heterocycles. The zero-order valence-corrected chi connectivity index (χ0v) is 23.2. The first-order valence-electron chi connectivity index (χ1n) is 12.6. The van der Waals surface area contributed by atoms with Crippen LogP contribution >= 0.6 is 23.8 Å². The van der Waals surface area contributed by atoms with Gasteiger partial charge < -0.3 is 20.1 Å². The number of carbonyl (C=O) groups is 1. The van der Waals surface area contributed by atoms with Crippen molar-refractivity contribution in [3.8, 4) is 5.69 Å². The van der Waals surface area contributed by atoms with Crippen molar-refractivity contribution < 1.29 is 4.79 Å². The second-order valence-corrected chi connectivity index (χ2v) is 10.4. The fourth-order valence-electron chi connectivity index (χ4n) is 5.23. The summed E-state index contributed by atoms with van der Waals surface area (Å²) in [5, 5.41) is 7.83. The van der Waals surface area contributed by atoms with Gasteiger partial charge in [0.25, 0.3) is 0 Å². The van der Waals surface area contributed by atoms with Gasteiger partial charge in [-0.15, -0.1) is 0 Å². The van der Waals surface area contributed by atoms with Crippen LogP contribution in [0.1, 0.15) is 46.7 Å². The van der Waals surface area contributed by atoms with E-state index in [0.717, 1.165) is 39.6 Å². The lowest BCUT2D eigenvalue weighted by atomic mass is 9.96. The van der Waals surface area contributed by atoms with E-state index in [2.05, 4.69) is 51.1 Å². The van der Waals surface area contributed by atoms with Gasteiger partial charge in [-0.05, 0) is 86.6 Å². The van der Waals surface area contributed by atoms with Crippen molar-refractivity contribution in [2.45, 2.75) is 39.3 Å². The van der Waals surface area contributed by atoms with E-state index in [1.54, 1.807) is 6.20 Å². The average molecular weight is 544 g/mol. The van der Waals surface area contributed by atoms with Crippen molar-refractivity contribution in [2.75, 3.05) is 11.9 Å². The van der Waals surface area contributed by atoms with Crippen LogP contribution in [0.15, 0.2) is 79.0 Å². The summed E-state index contributed by atoms with van der Waals surface area (Å²) in [5.74, 6) is -0.0495. The minimum Gasteiger partial charge on any atom is -0.352 e. The van der Waals surface area contributed by atoms with Crippen LogP contribution < -0.4 is 10.6 Å². The number of aromatic nitrogens is 2. The molecule has 0 spiro atoms. The van der Waals surface area contributed by atoms with Crippen LogP contribution in [0.25, 0.3) is 5.69 Å². The Kier molecular flexibility index (Phi) is 7.49. The first-order valence-corrected chi connectivity index (χ1v) is 13.4. The number of nitrogens with zero attached hydrogens (tertiary/aromatic N) is 3. The summed E-state index contributed by atoms with van der Waals surface area (Å²) in [5.41, 5.74) is 7.08. The number of thiocarbonyl (C=S) groups is 1. The molecule has 194 valence electrons. The minimum absolute atomic E-state index is 0.0495. The molecule has 1 fully saturated rings. The van der Waals surface area contributed by atoms with Crippen LogP contribution in [0.4, 0.5) is 5.69 Å². The molecule has 0 saturated carbocycles. The molecular formula is C30H30ClN5OS. The maximum atomic E-state index is 12.9. The summed E-state index contributed by atoms with van der Waals surface area (Å²) in [4.78, 5) is 19.7. The molecule has 2 atom stereocenters. The van der Waals surface area contributed by atoms with Crippen LogP contribution in [0, 0.1) is 20.8 Å². The molecule has 2 N–H and O–H groups in total. The minimum atomic E-state index is -0.156. The maximum absolute atomic E-state index is 12.9. The van der Waals surface area contributed by atoms with E-state index in [0.29, 0.717) is 23.1 Å². The van der Waals surface area contributed by atoms with E-state index in [1.165, 1.54) is 0 Å². The number of hydrogen-bond acceptors (Lipinski definition) is 3. The van der Waals surface area contributed by atoms with E-state index in [-0.39, 0.29) is 18.0 Å². The normalized spacial score (nSPS) is 16.9. The SMILES string of the molecule is Cc1ccccc1NC(=O)CCN1C(=S)N[C@@H](c2ccccn2)[C@H]1c1cc(C)n(-c2cccc(Cl)c2)c1C. The Balaban J connectivity index is 1.48. The summed E-state index contributed by atoms with van der Waals surface area (Å²) in [6, 6.07) is 23.4. The highest BCUT2D eigenvalue weighted by molar-refractivity contribution is 7.80. The molecule has 1 saturated heterocycles. The van der Waals surface area contributed by atoms with Gasteiger partial charge in [-0.3, -0.25) is 9.78 Å². The number of nitrogens with one attached hydrogen (secondary N) is 2. The first kappa shape index (κ1) is 25.9. The van der Waals surface area contributed by atoms with E-state index in [1.807, 2.05) is 67.6 Å². The van der Waals surface area contributed by atoms with Crippen molar-refractivity contribution in [3.05, 3.63) is 112 Å². The number of amides is 1. The molecule has 1 aliphatic heterocycles. The molecule has 0 unspecified atom stereocenters. The average Bonchev–Trinajstić information content (AvgIpc) is 3.39. The molecule has 1 aliphatic rings. The van der Waals surface area contributed by atoms with E-state index < -0.39 is 0 Å². The second-order valence-electron chi connectivity index (χ2n) is 9.57. The van der Waals surface area contributed by atoms with Crippen LogP contribution in [0.5, 0.6) is 0 Å². The van der Waals surface area contributed by atoms with E-state index in [9.17, 15) is 4.79 Å². The van der Waals surface area contributed by atoms with Gasteiger partial charge in [-0.1, -0.05) is 41.9 Å². The first-order chi connectivity index (χ1) is 18.3. The van der Waals surface area contributed by atoms with Gasteiger partial charge in [0.2, 0.25) is 5.91 Å². The number of carbonyl (C=O) groups excluding carboxylic acids is 1. The third-order valence-corrected chi connectivity index (χ3v) is 7.64. The summed E-state index contributed by atoms with van der Waals surface area (Å²) in [7, 11) is 0. The number of hydrogen-bond donors (Lipinski definition) is 2. The molecule has 5 rings (SSSR count). The van der Waals surface area contributed by atoms with E-state index >= 15 is 0 Å². The smallest absolute Gasteiger partial charge is 0.226 e. The van der Waals surface area contributed by atoms with Gasteiger partial charge in [0, 0.05) is 46.9 Å². The maximum Gasteiger partial charge on any atom is 0.226 e. The summed E-state index contributed by atoms with van der Waals surface area (Å²) < 4.78 is 2.21. The van der Waals surface area contributed by atoms with Gasteiger partial charge >= 0.3 is 0 Å². The number of benzene rings is 2. The number of halogens is 1. The van der Waals surface area contributed by atoms with Crippen molar-refractivity contribution in [3.63, 3.8) is 0 Å². The molecule has 8 heteroatoms. The Bertz CT molecular complexity index is 1490. The Hall–Kier alpha value is -3.68. The lowest BCUT2D eigenvalue weighted by molar-refractivity contribution is -0.116. The van der Waals surface area contributed by atoms with E-state index in [4.69, 9.17) is 23.8 Å². The molecule has 2 aromatic heterocycles. The van der Waals surface area contributed by atoms with Gasteiger partial charge in [-0.25, -0.2) is 0 Å². The van der Waals surface area contributed by atoms with Crippen LogP contribution in [0.2, 0.25) is 5.02 Å². The van der Waals surface area contributed by atoms with Crippen molar-refractivity contribution in [1.82, 2.24) is 19.8 Å². The Morgan fingerprint density at radius 1 is 1.05 bits per heavy atom. The molecule has 1 amide bonds. The fraction of sp³-hybridized carbons (Fsp3) is 0.233. The lowest BCUT2D eigenvalue weighted by Crippen LogP contribution is -2.33. The molecule has 4 aromatic rings. The largest absolute Gasteiger partial charge is 0.352 e. The zero-order valence-electron chi connectivity index (χ0n) is 21.6. The molecule has 6 nitrogen and oxygen atoms in total. The number of pyridine rings is 1. The van der Waals surface area contributed by atoms with Crippen LogP contribution in [-0.2, 0) is 4.79 Å². The molecule has 38 heavy (non-hydrogen) atoms. The summed E-state index contributed by atoms with van der Waals surface area (Å²) in [6.07, 6.45) is 2.10. The number of aryl methyl sites for hydroxylation is 2. The van der Waals surface area contributed by atoms with Gasteiger partial charge in [0.15, 0.2) is 5.11 Å². The highest BCUT2D eigenvalue weighted by Crippen LogP contribution is 2.41. The zero-order chi connectivity index (χ0) is 26.8. The van der Waals surface area contributed by atoms with Crippen molar-refractivity contribution in [2.24, 2.45) is 0 Å². The van der Waals surface area contributed by atoms with Crippen LogP contribution in [-0.4, -0.2) is 32.0 Å². The van der Waals surface area contributed by atoms with Gasteiger partial charge in [-0.2, -0.15) is 0 Å². The Labute approximate surface area is 233 Å². The molecule has 2 aromatic carbocycles. The Morgan fingerprint density at radius 2 is 1.84 bits per heavy atom. The highest BCUT2D eigenvalue weighted by Gasteiger charge is 2.41. The van der Waals surface area contributed by atoms with Gasteiger partial charge in [0.05, 0.1) is 17.8 Å². The second kappa shape index (κ2) is 11.0. The topological polar surface area (TPSA) is 62.2 Å². The molecule has 0 radical (unpaired) electrons. The lowest BCUT2D eigenvalue weighted by Gasteiger charge is -2.28. The molecule has 0 bridgehead atoms. The highest BCUT2D eigenvalue weighted by atomic mass is 35.5. The monoisotopic (exact) mass is 543 g/mol. The standard InChI is InChI=1S/C30H30ClN5OS/c1-19-9-4-5-12-25(19)33-27(37)14-16-35-29(28(34-30(35)38)26-13-6-7-15-32-26)24-17-20(2)36(21(24)3)23-11-8-10-22(31)18-23/h4-13,15,17-18,28-29H,14,16H2,1-3H3,(H,33,37)(H,34,38)/t28-,29+/m0/s1. The summed E-state index contributed by atoms with van der Waals surface area (Å²) >= 11 is 12.1. The number of anilines is 1. The third-order valence-electron chi connectivity index (χ3n) is 7.05. The molecule has 0 aliphatic carbocycles. The molecular weight excluding hydrogens is 514 g/mol. The van der Waals surface area contributed by atoms with Crippen molar-refractivity contribution in [1.29, 1.82) is 0 Å². The van der Waals surface area contributed by atoms with Crippen LogP contribution in [0.3, 0.4) is 0 Å².